The smallest absolute Gasteiger partial charge is 0.276 e. The number of fused-ring (bicyclic) bond motifs is 2. The Morgan fingerprint density at radius 1 is 1.19 bits per heavy atom. The van der Waals surface area contributed by atoms with Crippen molar-refractivity contribution in [1.29, 1.82) is 0 Å². The van der Waals surface area contributed by atoms with Crippen molar-refractivity contribution in [2.24, 2.45) is 0 Å². The number of nitrogens with zero attached hydrogens (tertiary/aromatic N) is 2. The topological polar surface area (TPSA) is 55.6 Å². The lowest BCUT2D eigenvalue weighted by Gasteiger charge is -2.46. The second-order valence-corrected chi connectivity index (χ2v) is 8.31. The number of carbonyl (C=O) groups is 1. The van der Waals surface area contributed by atoms with Gasteiger partial charge in [0.25, 0.3) is 5.91 Å². The van der Waals surface area contributed by atoms with Crippen LogP contribution >= 0.6 is 0 Å². The Balaban J connectivity index is 1.33. The van der Waals surface area contributed by atoms with E-state index in [1.165, 1.54) is 11.1 Å². The molecule has 1 saturated carbocycles. The zero-order valence-electron chi connectivity index (χ0n) is 15.8. The molecule has 1 unspecified atom stereocenters. The van der Waals surface area contributed by atoms with Crippen LogP contribution in [0.2, 0.25) is 0 Å². The third kappa shape index (κ3) is 2.89. The molecule has 2 aromatic rings. The van der Waals surface area contributed by atoms with E-state index in [0.717, 1.165) is 57.4 Å². The Morgan fingerprint density at radius 3 is 2.70 bits per heavy atom. The van der Waals surface area contributed by atoms with Crippen molar-refractivity contribution in [2.45, 2.75) is 56.0 Å². The molecule has 0 bridgehead atoms. The summed E-state index contributed by atoms with van der Waals surface area (Å²) in [6, 6.07) is 10.5. The number of aromatic nitrogens is 1. The standard InChI is InChI=1S/C22H26N2O3/c1-26-19-8-9-22(17-5-3-2-4-16(17)19)10-12-24(13-11-22)21(25)18-14-20(27-23-18)15-6-7-15/h2-5,14-15,19H,6-13H2,1H3. The lowest BCUT2D eigenvalue weighted by atomic mass is 9.64. The maximum absolute atomic E-state index is 12.9. The SMILES string of the molecule is COC1CCC2(CCN(C(=O)c3cc(C4CC4)on3)CC2)c2ccccc21. The second-order valence-electron chi connectivity index (χ2n) is 8.31. The van der Waals surface area contributed by atoms with E-state index < -0.39 is 0 Å². The molecular formula is C22H26N2O3. The van der Waals surface area contributed by atoms with Gasteiger partial charge in [0.15, 0.2) is 5.69 Å². The molecule has 2 heterocycles. The van der Waals surface area contributed by atoms with Gasteiger partial charge in [0.1, 0.15) is 5.76 Å². The number of carbonyl (C=O) groups excluding carboxylic acids is 1. The van der Waals surface area contributed by atoms with Gasteiger partial charge >= 0.3 is 0 Å². The number of amides is 1. The molecule has 1 amide bonds. The zero-order valence-corrected chi connectivity index (χ0v) is 15.8. The number of rotatable bonds is 3. The average Bonchev–Trinajstić information content (AvgIpc) is 3.45. The summed E-state index contributed by atoms with van der Waals surface area (Å²) in [5.74, 6) is 1.37. The maximum atomic E-state index is 12.9. The van der Waals surface area contributed by atoms with Gasteiger partial charge in [-0.3, -0.25) is 4.79 Å². The van der Waals surface area contributed by atoms with Gasteiger partial charge in [-0.2, -0.15) is 0 Å². The average molecular weight is 366 g/mol. The molecule has 1 saturated heterocycles. The fraction of sp³-hybridized carbons (Fsp3) is 0.545. The molecular weight excluding hydrogens is 340 g/mol. The summed E-state index contributed by atoms with van der Waals surface area (Å²) in [6.45, 7) is 1.55. The molecule has 5 heteroatoms. The second kappa shape index (κ2) is 6.48. The molecule has 3 aliphatic rings. The first-order valence-electron chi connectivity index (χ1n) is 10.1. The van der Waals surface area contributed by atoms with Crippen LogP contribution < -0.4 is 0 Å². The highest BCUT2D eigenvalue weighted by Crippen LogP contribution is 2.48. The fourth-order valence-electron chi connectivity index (χ4n) is 4.97. The van der Waals surface area contributed by atoms with Crippen LogP contribution in [0, 0.1) is 0 Å². The molecule has 0 radical (unpaired) electrons. The van der Waals surface area contributed by atoms with Crippen molar-refractivity contribution in [1.82, 2.24) is 10.1 Å². The number of benzene rings is 1. The number of hydrogen-bond acceptors (Lipinski definition) is 4. The number of ether oxygens (including phenoxy) is 1. The van der Waals surface area contributed by atoms with Crippen molar-refractivity contribution < 1.29 is 14.1 Å². The molecule has 1 aliphatic heterocycles. The van der Waals surface area contributed by atoms with Gasteiger partial charge in [-0.15, -0.1) is 0 Å². The van der Waals surface area contributed by atoms with Crippen molar-refractivity contribution in [2.75, 3.05) is 20.2 Å². The number of piperidine rings is 1. The lowest BCUT2D eigenvalue weighted by Crippen LogP contribution is -2.47. The van der Waals surface area contributed by atoms with Gasteiger partial charge in [0, 0.05) is 32.2 Å². The van der Waals surface area contributed by atoms with E-state index in [1.807, 2.05) is 11.0 Å². The Kier molecular flexibility index (Phi) is 4.08. The molecule has 2 fully saturated rings. The van der Waals surface area contributed by atoms with Gasteiger partial charge in [0.05, 0.1) is 6.10 Å². The number of hydrogen-bond donors (Lipinski definition) is 0. The minimum absolute atomic E-state index is 0.0133. The third-order valence-electron chi connectivity index (χ3n) is 6.78. The predicted octanol–water partition coefficient (Wildman–Crippen LogP) is 4.21. The Morgan fingerprint density at radius 2 is 1.96 bits per heavy atom. The Labute approximate surface area is 159 Å². The molecule has 1 atom stereocenters. The summed E-state index contributed by atoms with van der Waals surface area (Å²) >= 11 is 0. The van der Waals surface area contributed by atoms with Gasteiger partial charge in [0.2, 0.25) is 0 Å². The van der Waals surface area contributed by atoms with Crippen LogP contribution in [0.1, 0.15) is 77.9 Å². The van der Waals surface area contributed by atoms with Crippen LogP contribution in [-0.2, 0) is 10.2 Å². The van der Waals surface area contributed by atoms with Crippen LogP contribution in [0.4, 0.5) is 0 Å². The van der Waals surface area contributed by atoms with Crippen molar-refractivity contribution in [3.8, 4) is 0 Å². The van der Waals surface area contributed by atoms with Gasteiger partial charge < -0.3 is 14.2 Å². The highest BCUT2D eigenvalue weighted by molar-refractivity contribution is 5.92. The van der Waals surface area contributed by atoms with Crippen LogP contribution in [0.5, 0.6) is 0 Å². The van der Waals surface area contributed by atoms with Crippen molar-refractivity contribution in [3.05, 3.63) is 52.9 Å². The van der Waals surface area contributed by atoms with Gasteiger partial charge in [-0.1, -0.05) is 29.4 Å². The molecule has 142 valence electrons. The molecule has 0 N–H and O–H groups in total. The normalized spacial score (nSPS) is 24.0. The molecule has 1 aromatic carbocycles. The molecule has 27 heavy (non-hydrogen) atoms. The first-order valence-corrected chi connectivity index (χ1v) is 10.1. The summed E-state index contributed by atoms with van der Waals surface area (Å²) in [5.41, 5.74) is 3.39. The van der Waals surface area contributed by atoms with Gasteiger partial charge in [-0.05, 0) is 55.1 Å². The van der Waals surface area contributed by atoms with E-state index in [-0.39, 0.29) is 17.4 Å². The van der Waals surface area contributed by atoms with Crippen molar-refractivity contribution >= 4 is 5.91 Å². The number of likely N-dealkylation sites (tertiary alicyclic amines) is 1. The quantitative estimate of drug-likeness (QED) is 0.817. The minimum Gasteiger partial charge on any atom is -0.377 e. The molecule has 5 nitrogen and oxygen atoms in total. The Hall–Kier alpha value is -2.14. The van der Waals surface area contributed by atoms with Gasteiger partial charge in [-0.25, -0.2) is 0 Å². The van der Waals surface area contributed by atoms with Crippen LogP contribution in [0.25, 0.3) is 0 Å². The van der Waals surface area contributed by atoms with E-state index in [4.69, 9.17) is 9.26 Å². The highest BCUT2D eigenvalue weighted by atomic mass is 16.5. The van der Waals surface area contributed by atoms with E-state index in [1.54, 1.807) is 7.11 Å². The summed E-state index contributed by atoms with van der Waals surface area (Å²) in [7, 11) is 1.80. The van der Waals surface area contributed by atoms with Crippen LogP contribution in [0.15, 0.2) is 34.9 Å². The van der Waals surface area contributed by atoms with E-state index >= 15 is 0 Å². The maximum Gasteiger partial charge on any atom is 0.276 e. The number of methoxy groups -OCH3 is 1. The first kappa shape index (κ1) is 17.0. The summed E-state index contributed by atoms with van der Waals surface area (Å²) in [6.07, 6.45) is 6.67. The fourth-order valence-corrected chi connectivity index (χ4v) is 4.97. The molecule has 2 aliphatic carbocycles. The molecule has 1 spiro atoms. The predicted molar refractivity (Wildman–Crippen MR) is 101 cm³/mol. The monoisotopic (exact) mass is 366 g/mol. The largest absolute Gasteiger partial charge is 0.377 e. The summed E-state index contributed by atoms with van der Waals surface area (Å²) in [4.78, 5) is 14.8. The van der Waals surface area contributed by atoms with Crippen LogP contribution in [-0.4, -0.2) is 36.2 Å². The third-order valence-corrected chi connectivity index (χ3v) is 6.78. The van der Waals surface area contributed by atoms with Crippen LogP contribution in [0.3, 0.4) is 0 Å². The zero-order chi connectivity index (χ0) is 18.4. The lowest BCUT2D eigenvalue weighted by molar-refractivity contribution is 0.0496. The molecule has 5 rings (SSSR count). The highest BCUT2D eigenvalue weighted by Gasteiger charge is 2.43. The van der Waals surface area contributed by atoms with E-state index in [2.05, 4.69) is 29.4 Å². The first-order chi connectivity index (χ1) is 13.2. The molecule has 1 aromatic heterocycles. The summed E-state index contributed by atoms with van der Waals surface area (Å²) in [5, 5.41) is 4.03. The van der Waals surface area contributed by atoms with E-state index in [0.29, 0.717) is 11.6 Å². The Bertz CT molecular complexity index is 847. The van der Waals surface area contributed by atoms with Crippen molar-refractivity contribution in [3.63, 3.8) is 0 Å². The summed E-state index contributed by atoms with van der Waals surface area (Å²) < 4.78 is 11.1. The minimum atomic E-state index is 0.0133. The van der Waals surface area contributed by atoms with E-state index in [9.17, 15) is 4.79 Å².